The van der Waals surface area contributed by atoms with E-state index in [1.165, 1.54) is 16.8 Å². The van der Waals surface area contributed by atoms with Crippen molar-refractivity contribution in [2.24, 2.45) is 11.8 Å². The van der Waals surface area contributed by atoms with Crippen molar-refractivity contribution in [1.82, 2.24) is 20.3 Å². The van der Waals surface area contributed by atoms with Crippen molar-refractivity contribution < 1.29 is 14.3 Å². The highest BCUT2D eigenvalue weighted by molar-refractivity contribution is 6.30. The fraction of sp³-hybridized carbons (Fsp3) is 0.438. The molecule has 0 amide bonds. The maximum atomic E-state index is 13.2. The SMILES string of the molecule is CC(C)CC(CNCc1cn(-c2ccc(F)c(Cl)c2)nn1)C(=O)O. The first-order valence-corrected chi connectivity index (χ1v) is 8.04. The largest absolute Gasteiger partial charge is 0.481 e. The van der Waals surface area contributed by atoms with Gasteiger partial charge in [0, 0.05) is 13.1 Å². The van der Waals surface area contributed by atoms with Crippen LogP contribution in [0, 0.1) is 17.7 Å². The molecule has 1 aromatic heterocycles. The van der Waals surface area contributed by atoms with E-state index in [-0.39, 0.29) is 5.02 Å². The molecule has 0 saturated carbocycles. The zero-order valence-corrected chi connectivity index (χ0v) is 14.3. The minimum atomic E-state index is -0.805. The van der Waals surface area contributed by atoms with E-state index >= 15 is 0 Å². The molecule has 130 valence electrons. The molecule has 24 heavy (non-hydrogen) atoms. The second-order valence-corrected chi connectivity index (χ2v) is 6.46. The van der Waals surface area contributed by atoms with E-state index in [0.29, 0.717) is 36.8 Å². The smallest absolute Gasteiger partial charge is 0.307 e. The van der Waals surface area contributed by atoms with Gasteiger partial charge >= 0.3 is 5.97 Å². The fourth-order valence-electron chi connectivity index (χ4n) is 2.35. The molecule has 1 heterocycles. The lowest BCUT2D eigenvalue weighted by Crippen LogP contribution is -2.29. The van der Waals surface area contributed by atoms with Gasteiger partial charge in [0.2, 0.25) is 0 Å². The molecule has 0 radical (unpaired) electrons. The molecule has 0 saturated heterocycles. The highest BCUT2D eigenvalue weighted by atomic mass is 35.5. The number of hydrogen-bond acceptors (Lipinski definition) is 4. The van der Waals surface area contributed by atoms with E-state index in [9.17, 15) is 14.3 Å². The van der Waals surface area contributed by atoms with Crippen LogP contribution in [0.5, 0.6) is 0 Å². The van der Waals surface area contributed by atoms with E-state index in [4.69, 9.17) is 11.6 Å². The number of benzene rings is 1. The maximum Gasteiger partial charge on any atom is 0.307 e. The average molecular weight is 355 g/mol. The highest BCUT2D eigenvalue weighted by Crippen LogP contribution is 2.18. The van der Waals surface area contributed by atoms with Gasteiger partial charge < -0.3 is 10.4 Å². The molecule has 1 unspecified atom stereocenters. The second kappa shape index (κ2) is 8.21. The van der Waals surface area contributed by atoms with E-state index in [2.05, 4.69) is 15.6 Å². The van der Waals surface area contributed by atoms with Gasteiger partial charge in [0.25, 0.3) is 0 Å². The topological polar surface area (TPSA) is 80.0 Å². The second-order valence-electron chi connectivity index (χ2n) is 6.05. The Morgan fingerprint density at radius 1 is 1.46 bits per heavy atom. The van der Waals surface area contributed by atoms with Crippen molar-refractivity contribution in [1.29, 1.82) is 0 Å². The average Bonchev–Trinajstić information content (AvgIpc) is 2.97. The third-order valence-electron chi connectivity index (χ3n) is 3.51. The van der Waals surface area contributed by atoms with Gasteiger partial charge in [0.15, 0.2) is 0 Å². The van der Waals surface area contributed by atoms with Gasteiger partial charge in [-0.25, -0.2) is 9.07 Å². The molecule has 6 nitrogen and oxygen atoms in total. The third kappa shape index (κ3) is 5.01. The molecule has 2 N–H and O–H groups in total. The van der Waals surface area contributed by atoms with Crippen molar-refractivity contribution in [3.05, 3.63) is 40.9 Å². The molecule has 1 atom stereocenters. The lowest BCUT2D eigenvalue weighted by Gasteiger charge is -2.14. The normalized spacial score (nSPS) is 12.5. The number of carbonyl (C=O) groups is 1. The van der Waals surface area contributed by atoms with Crippen molar-refractivity contribution in [2.75, 3.05) is 6.54 Å². The van der Waals surface area contributed by atoms with Crippen LogP contribution in [0.1, 0.15) is 26.0 Å². The summed E-state index contributed by atoms with van der Waals surface area (Å²) < 4.78 is 14.7. The number of aromatic nitrogens is 3. The van der Waals surface area contributed by atoms with Gasteiger partial charge in [0.1, 0.15) is 5.82 Å². The Kier molecular flexibility index (Phi) is 6.28. The van der Waals surface area contributed by atoms with E-state index < -0.39 is 17.7 Å². The van der Waals surface area contributed by atoms with Gasteiger partial charge in [-0.2, -0.15) is 0 Å². The van der Waals surface area contributed by atoms with Crippen LogP contribution in [0.15, 0.2) is 24.4 Å². The molecule has 0 fully saturated rings. The Morgan fingerprint density at radius 2 is 2.21 bits per heavy atom. The zero-order valence-electron chi connectivity index (χ0n) is 13.5. The van der Waals surface area contributed by atoms with Crippen molar-refractivity contribution in [3.8, 4) is 5.69 Å². The van der Waals surface area contributed by atoms with Crippen molar-refractivity contribution in [2.45, 2.75) is 26.8 Å². The highest BCUT2D eigenvalue weighted by Gasteiger charge is 2.18. The molecular weight excluding hydrogens is 335 g/mol. The standard InChI is InChI=1S/C16H20ClFN4O2/c1-10(2)5-11(16(23)24)7-19-8-12-9-22(21-20-12)13-3-4-15(18)14(17)6-13/h3-4,6,9-11,19H,5,7-8H2,1-2H3,(H,23,24). The van der Waals surface area contributed by atoms with Crippen LogP contribution in [0.25, 0.3) is 5.69 Å². The van der Waals surface area contributed by atoms with Crippen LogP contribution in [0.2, 0.25) is 5.02 Å². The molecule has 0 spiro atoms. The first-order valence-electron chi connectivity index (χ1n) is 7.67. The van der Waals surface area contributed by atoms with Gasteiger partial charge in [-0.15, -0.1) is 5.10 Å². The Hall–Kier alpha value is -1.99. The number of carboxylic acids is 1. The van der Waals surface area contributed by atoms with Crippen LogP contribution in [-0.2, 0) is 11.3 Å². The Labute approximate surface area is 144 Å². The fourth-order valence-corrected chi connectivity index (χ4v) is 2.52. The number of nitrogens with zero attached hydrogens (tertiary/aromatic N) is 3. The molecule has 0 aliphatic heterocycles. The Balaban J connectivity index is 1.94. The summed E-state index contributed by atoms with van der Waals surface area (Å²) in [5.74, 6) is -1.42. The van der Waals surface area contributed by atoms with Crippen LogP contribution in [0.3, 0.4) is 0 Å². The van der Waals surface area contributed by atoms with Crippen LogP contribution in [-0.4, -0.2) is 32.6 Å². The summed E-state index contributed by atoms with van der Waals surface area (Å²) in [5.41, 5.74) is 1.26. The molecule has 8 heteroatoms. The summed E-state index contributed by atoms with van der Waals surface area (Å²) in [6.07, 6.45) is 2.30. The maximum absolute atomic E-state index is 13.2. The summed E-state index contributed by atoms with van der Waals surface area (Å²) >= 11 is 5.76. The molecule has 1 aromatic carbocycles. The summed E-state index contributed by atoms with van der Waals surface area (Å²) in [6.45, 7) is 4.75. The van der Waals surface area contributed by atoms with Gasteiger partial charge in [-0.05, 0) is 30.5 Å². The number of aliphatic carboxylic acids is 1. The monoisotopic (exact) mass is 354 g/mol. The number of hydrogen-bond donors (Lipinski definition) is 2. The summed E-state index contributed by atoms with van der Waals surface area (Å²) in [7, 11) is 0. The summed E-state index contributed by atoms with van der Waals surface area (Å²) in [5, 5.41) is 20.3. The summed E-state index contributed by atoms with van der Waals surface area (Å²) in [6, 6.07) is 4.28. The van der Waals surface area contributed by atoms with Crippen LogP contribution < -0.4 is 5.32 Å². The minimum absolute atomic E-state index is 0.0145. The minimum Gasteiger partial charge on any atom is -0.481 e. The quantitative estimate of drug-likeness (QED) is 0.762. The predicted octanol–water partition coefficient (Wildman–Crippen LogP) is 2.90. The molecule has 0 aliphatic rings. The van der Waals surface area contributed by atoms with Crippen LogP contribution >= 0.6 is 11.6 Å². The Morgan fingerprint density at radius 3 is 2.83 bits per heavy atom. The van der Waals surface area contributed by atoms with Gasteiger partial charge in [0.05, 0.1) is 28.5 Å². The molecule has 2 rings (SSSR count). The predicted molar refractivity (Wildman–Crippen MR) is 88.6 cm³/mol. The van der Waals surface area contributed by atoms with Crippen molar-refractivity contribution in [3.63, 3.8) is 0 Å². The number of halogens is 2. The van der Waals surface area contributed by atoms with E-state index in [0.717, 1.165) is 0 Å². The van der Waals surface area contributed by atoms with Gasteiger partial charge in [-0.1, -0.05) is 30.7 Å². The third-order valence-corrected chi connectivity index (χ3v) is 3.80. The van der Waals surface area contributed by atoms with E-state index in [1.54, 1.807) is 12.3 Å². The van der Waals surface area contributed by atoms with E-state index in [1.807, 2.05) is 13.8 Å². The number of rotatable bonds is 8. The summed E-state index contributed by atoms with van der Waals surface area (Å²) in [4.78, 5) is 11.2. The molecule has 2 aromatic rings. The Bertz CT molecular complexity index is 705. The first-order chi connectivity index (χ1) is 11.4. The van der Waals surface area contributed by atoms with Gasteiger partial charge in [-0.3, -0.25) is 4.79 Å². The lowest BCUT2D eigenvalue weighted by atomic mass is 9.97. The van der Waals surface area contributed by atoms with Crippen LogP contribution in [0.4, 0.5) is 4.39 Å². The zero-order chi connectivity index (χ0) is 17.7. The number of carboxylic acid groups (broad SMARTS) is 1. The lowest BCUT2D eigenvalue weighted by molar-refractivity contribution is -0.142. The van der Waals surface area contributed by atoms with Crippen molar-refractivity contribution >= 4 is 17.6 Å². The molecule has 0 aliphatic carbocycles. The molecular formula is C16H20ClFN4O2. The number of nitrogens with one attached hydrogen (secondary N) is 1. The first kappa shape index (κ1) is 18.4. The molecule has 0 bridgehead atoms.